The maximum atomic E-state index is 10.8. The van der Waals surface area contributed by atoms with Gasteiger partial charge in [-0.1, -0.05) is 5.92 Å². The van der Waals surface area contributed by atoms with Crippen LogP contribution in [0.2, 0.25) is 0 Å². The summed E-state index contributed by atoms with van der Waals surface area (Å²) in [4.78, 5) is 12.9. The Morgan fingerprint density at radius 1 is 1.50 bits per heavy atom. The highest BCUT2D eigenvalue weighted by atomic mass is 16.1. The van der Waals surface area contributed by atoms with Gasteiger partial charge in [0, 0.05) is 6.54 Å². The first kappa shape index (κ1) is 11.0. The number of carbonyl (C=O) groups is 1. The molecule has 68 valence electrons. The summed E-state index contributed by atoms with van der Waals surface area (Å²) in [5, 5.41) is 2.70. The van der Waals surface area contributed by atoms with Crippen molar-refractivity contribution in [2.24, 2.45) is 0 Å². The Morgan fingerprint density at radius 2 is 2.17 bits per heavy atom. The van der Waals surface area contributed by atoms with E-state index in [0.717, 1.165) is 13.0 Å². The topological polar surface area (TPSA) is 32.3 Å². The molecule has 0 bridgehead atoms. The zero-order valence-electron chi connectivity index (χ0n) is 7.98. The summed E-state index contributed by atoms with van der Waals surface area (Å²) >= 11 is 0. The molecule has 0 saturated carbocycles. The first-order chi connectivity index (χ1) is 5.66. The van der Waals surface area contributed by atoms with Crippen molar-refractivity contribution in [2.75, 3.05) is 27.2 Å². The monoisotopic (exact) mass is 168 g/mol. The summed E-state index contributed by atoms with van der Waals surface area (Å²) < 4.78 is 0. The normalized spacial score (nSPS) is 9.00. The highest BCUT2D eigenvalue weighted by Gasteiger charge is 1.93. The van der Waals surface area contributed by atoms with Crippen LogP contribution >= 0.6 is 0 Å². The van der Waals surface area contributed by atoms with Crippen LogP contribution in [0.4, 0.5) is 0 Å². The van der Waals surface area contributed by atoms with Gasteiger partial charge in [-0.2, -0.15) is 0 Å². The van der Waals surface area contributed by atoms with Crippen LogP contribution in [0.5, 0.6) is 0 Å². The van der Waals surface area contributed by atoms with Gasteiger partial charge < -0.3 is 10.2 Å². The van der Waals surface area contributed by atoms with Crippen LogP contribution in [0.25, 0.3) is 0 Å². The number of hydrogen-bond donors (Lipinski definition) is 1. The molecule has 0 aliphatic rings. The average molecular weight is 168 g/mol. The van der Waals surface area contributed by atoms with Crippen molar-refractivity contribution in [1.29, 1.82) is 0 Å². The fraction of sp³-hybridized carbons (Fsp3) is 0.667. The SMILES string of the molecule is CC#CC(=O)NCCCN(C)C. The summed E-state index contributed by atoms with van der Waals surface area (Å²) in [6.45, 7) is 3.34. The van der Waals surface area contributed by atoms with Gasteiger partial charge in [0.05, 0.1) is 0 Å². The summed E-state index contributed by atoms with van der Waals surface area (Å²) in [5.41, 5.74) is 0. The minimum atomic E-state index is -0.184. The number of amides is 1. The quantitative estimate of drug-likeness (QED) is 0.476. The minimum absolute atomic E-state index is 0.184. The highest BCUT2D eigenvalue weighted by Crippen LogP contribution is 1.80. The molecule has 12 heavy (non-hydrogen) atoms. The van der Waals surface area contributed by atoms with Crippen LogP contribution in [-0.4, -0.2) is 38.0 Å². The van der Waals surface area contributed by atoms with Crippen LogP contribution in [-0.2, 0) is 4.79 Å². The molecule has 0 aromatic heterocycles. The predicted octanol–water partition coefficient (Wildman–Crippen LogP) is 0.0776. The highest BCUT2D eigenvalue weighted by molar-refractivity contribution is 5.93. The van der Waals surface area contributed by atoms with Crippen molar-refractivity contribution in [1.82, 2.24) is 10.2 Å². The Bertz CT molecular complexity index is 188. The molecule has 0 aromatic carbocycles. The van der Waals surface area contributed by atoms with Crippen LogP contribution < -0.4 is 5.32 Å². The van der Waals surface area contributed by atoms with Crippen molar-refractivity contribution >= 4 is 5.91 Å². The van der Waals surface area contributed by atoms with E-state index in [1.54, 1.807) is 6.92 Å². The van der Waals surface area contributed by atoms with Crippen molar-refractivity contribution in [2.45, 2.75) is 13.3 Å². The second-order valence-electron chi connectivity index (χ2n) is 2.79. The Kier molecular flexibility index (Phi) is 6.12. The lowest BCUT2D eigenvalue weighted by Crippen LogP contribution is -2.25. The van der Waals surface area contributed by atoms with E-state index in [1.165, 1.54) is 0 Å². The van der Waals surface area contributed by atoms with Crippen molar-refractivity contribution in [3.63, 3.8) is 0 Å². The van der Waals surface area contributed by atoms with Crippen LogP contribution in [0.1, 0.15) is 13.3 Å². The molecule has 0 aromatic rings. The lowest BCUT2D eigenvalue weighted by molar-refractivity contribution is -0.115. The van der Waals surface area contributed by atoms with Gasteiger partial charge in [0.1, 0.15) is 0 Å². The second kappa shape index (κ2) is 6.68. The van der Waals surface area contributed by atoms with Gasteiger partial charge in [-0.25, -0.2) is 0 Å². The first-order valence-electron chi connectivity index (χ1n) is 4.02. The molecule has 0 rings (SSSR count). The minimum Gasteiger partial charge on any atom is -0.345 e. The number of rotatable bonds is 4. The van der Waals surface area contributed by atoms with Crippen LogP contribution in [0.15, 0.2) is 0 Å². The molecule has 0 atom stereocenters. The van der Waals surface area contributed by atoms with Gasteiger partial charge in [0.2, 0.25) is 0 Å². The molecule has 1 amide bonds. The Balaban J connectivity index is 3.30. The van der Waals surface area contributed by atoms with E-state index in [-0.39, 0.29) is 5.91 Å². The molecule has 0 unspecified atom stereocenters. The summed E-state index contributed by atoms with van der Waals surface area (Å²) in [7, 11) is 4.02. The lowest BCUT2D eigenvalue weighted by atomic mass is 10.4. The van der Waals surface area contributed by atoms with E-state index in [4.69, 9.17) is 0 Å². The largest absolute Gasteiger partial charge is 0.345 e. The molecule has 0 fully saturated rings. The van der Waals surface area contributed by atoms with Gasteiger partial charge in [0.15, 0.2) is 0 Å². The molecule has 3 heteroatoms. The van der Waals surface area contributed by atoms with E-state index in [1.807, 2.05) is 14.1 Å². The maximum absolute atomic E-state index is 10.8. The van der Waals surface area contributed by atoms with E-state index >= 15 is 0 Å². The smallest absolute Gasteiger partial charge is 0.295 e. The zero-order valence-corrected chi connectivity index (χ0v) is 7.98. The van der Waals surface area contributed by atoms with E-state index < -0.39 is 0 Å². The summed E-state index contributed by atoms with van der Waals surface area (Å²) in [5.74, 6) is 4.78. The van der Waals surface area contributed by atoms with Gasteiger partial charge in [-0.05, 0) is 39.9 Å². The van der Waals surface area contributed by atoms with E-state index in [0.29, 0.717) is 6.54 Å². The number of nitrogens with zero attached hydrogens (tertiary/aromatic N) is 1. The average Bonchev–Trinajstić information content (AvgIpc) is 1.98. The molecule has 0 heterocycles. The molecule has 1 N–H and O–H groups in total. The van der Waals surface area contributed by atoms with Gasteiger partial charge in [-0.3, -0.25) is 4.79 Å². The Morgan fingerprint density at radius 3 is 2.67 bits per heavy atom. The third-order valence-electron chi connectivity index (χ3n) is 1.31. The second-order valence-corrected chi connectivity index (χ2v) is 2.79. The van der Waals surface area contributed by atoms with E-state index in [2.05, 4.69) is 22.1 Å². The molecule has 0 spiro atoms. The first-order valence-corrected chi connectivity index (χ1v) is 4.02. The molecule has 0 radical (unpaired) electrons. The molecule has 0 aliphatic carbocycles. The molecule has 0 saturated heterocycles. The van der Waals surface area contributed by atoms with Crippen molar-refractivity contribution in [3.8, 4) is 11.8 Å². The predicted molar refractivity (Wildman–Crippen MR) is 49.6 cm³/mol. The van der Waals surface area contributed by atoms with Gasteiger partial charge in [0.25, 0.3) is 5.91 Å². The fourth-order valence-corrected chi connectivity index (χ4v) is 0.755. The Hall–Kier alpha value is -1.01. The van der Waals surface area contributed by atoms with E-state index in [9.17, 15) is 4.79 Å². The maximum Gasteiger partial charge on any atom is 0.295 e. The van der Waals surface area contributed by atoms with Gasteiger partial charge >= 0.3 is 0 Å². The van der Waals surface area contributed by atoms with Crippen LogP contribution in [0, 0.1) is 11.8 Å². The fourth-order valence-electron chi connectivity index (χ4n) is 0.755. The molecule has 0 aliphatic heterocycles. The van der Waals surface area contributed by atoms with Crippen molar-refractivity contribution in [3.05, 3.63) is 0 Å². The molecular formula is C9H16N2O. The summed E-state index contributed by atoms with van der Waals surface area (Å²) in [6, 6.07) is 0. The lowest BCUT2D eigenvalue weighted by Gasteiger charge is -2.08. The molecule has 3 nitrogen and oxygen atoms in total. The number of hydrogen-bond acceptors (Lipinski definition) is 2. The standard InChI is InChI=1S/C9H16N2O/c1-4-6-9(12)10-7-5-8-11(2)3/h5,7-8H2,1-3H3,(H,10,12). The third kappa shape index (κ3) is 7.10. The number of carbonyl (C=O) groups excluding carboxylic acids is 1. The van der Waals surface area contributed by atoms with Gasteiger partial charge in [-0.15, -0.1) is 0 Å². The molecular weight excluding hydrogens is 152 g/mol. The van der Waals surface area contributed by atoms with Crippen molar-refractivity contribution < 1.29 is 4.79 Å². The summed E-state index contributed by atoms with van der Waals surface area (Å²) in [6.07, 6.45) is 0.962. The number of nitrogens with one attached hydrogen (secondary N) is 1. The Labute approximate surface area is 74.1 Å². The zero-order chi connectivity index (χ0) is 9.40. The van der Waals surface area contributed by atoms with Crippen LogP contribution in [0.3, 0.4) is 0 Å². The third-order valence-corrected chi connectivity index (χ3v) is 1.31.